The second-order valence-corrected chi connectivity index (χ2v) is 5.88. The Bertz CT molecular complexity index is 1270. The molecular weight excluding hydrogens is 318 g/mol. The molecule has 5 aromatic rings. The minimum atomic E-state index is 0.479. The molecule has 2 aromatic carbocycles. The summed E-state index contributed by atoms with van der Waals surface area (Å²) in [5.74, 6) is 0.644. The minimum Gasteiger partial charge on any atom is -0.339 e. The Hall–Kier alpha value is -3.12. The number of fused-ring (bicyclic) bond motifs is 5. The maximum absolute atomic E-state index is 5.49. The van der Waals surface area contributed by atoms with Crippen molar-refractivity contribution in [2.24, 2.45) is 0 Å². The van der Waals surface area contributed by atoms with Crippen LogP contribution in [0.3, 0.4) is 0 Å². The number of nitrogens with one attached hydrogen (secondary N) is 1. The zero-order chi connectivity index (χ0) is 16.1. The van der Waals surface area contributed by atoms with Crippen molar-refractivity contribution < 1.29 is 0 Å². The molecule has 0 unspecified atom stereocenters. The first-order valence-corrected chi connectivity index (χ1v) is 7.94. The molecule has 0 fully saturated rings. The summed E-state index contributed by atoms with van der Waals surface area (Å²) in [5, 5.41) is 0.847. The van der Waals surface area contributed by atoms with Crippen LogP contribution in [0.5, 0.6) is 0 Å². The quantitative estimate of drug-likeness (QED) is 0.469. The molecule has 0 bridgehead atoms. The van der Waals surface area contributed by atoms with Gasteiger partial charge in [0, 0.05) is 11.8 Å². The number of hydrogen-bond acceptors (Lipinski definition) is 4. The Morgan fingerprint density at radius 2 is 1.71 bits per heavy atom. The van der Waals surface area contributed by atoms with Gasteiger partial charge in [-0.1, -0.05) is 42.5 Å². The van der Waals surface area contributed by atoms with E-state index in [0.717, 1.165) is 27.6 Å². The lowest BCUT2D eigenvalue weighted by atomic mass is 10.2. The molecule has 114 valence electrons. The smallest absolute Gasteiger partial charge is 0.207 e. The van der Waals surface area contributed by atoms with Crippen molar-refractivity contribution >= 4 is 39.9 Å². The molecule has 5 nitrogen and oxygen atoms in total. The highest BCUT2D eigenvalue weighted by Gasteiger charge is 2.11. The molecule has 6 heteroatoms. The van der Waals surface area contributed by atoms with E-state index in [1.54, 1.807) is 6.20 Å². The van der Waals surface area contributed by atoms with E-state index in [1.165, 1.54) is 0 Å². The van der Waals surface area contributed by atoms with Crippen molar-refractivity contribution in [3.63, 3.8) is 0 Å². The highest BCUT2D eigenvalue weighted by molar-refractivity contribution is 7.71. The third kappa shape index (κ3) is 1.87. The van der Waals surface area contributed by atoms with Crippen LogP contribution in [0.25, 0.3) is 39.1 Å². The van der Waals surface area contributed by atoms with E-state index in [0.29, 0.717) is 16.2 Å². The minimum absolute atomic E-state index is 0.479. The van der Waals surface area contributed by atoms with E-state index < -0.39 is 0 Å². The number of aromatic amines is 1. The number of para-hydroxylation sites is 2. The lowest BCUT2D eigenvalue weighted by Gasteiger charge is -2.03. The van der Waals surface area contributed by atoms with Crippen molar-refractivity contribution in [2.45, 2.75) is 0 Å². The van der Waals surface area contributed by atoms with Gasteiger partial charge in [-0.15, -0.1) is 0 Å². The van der Waals surface area contributed by atoms with Crippen molar-refractivity contribution in [1.82, 2.24) is 24.3 Å². The number of aromatic nitrogens is 5. The molecule has 0 aliphatic carbocycles. The lowest BCUT2D eigenvalue weighted by Crippen LogP contribution is -1.97. The molecule has 0 saturated heterocycles. The first kappa shape index (κ1) is 13.3. The van der Waals surface area contributed by atoms with Crippen molar-refractivity contribution in [1.29, 1.82) is 0 Å². The summed E-state index contributed by atoms with van der Waals surface area (Å²) >= 11 is 5.49. The van der Waals surface area contributed by atoms with Gasteiger partial charge in [-0.2, -0.15) is 4.98 Å². The standard InChI is InChI=1S/C18H11N5S/c24-18-22-16-12(10-19-15(21-16)11-6-2-1-3-7-11)17-20-13-8-4-5-9-14(13)23(17)18/h1-10,20H. The molecule has 0 atom stereocenters. The molecule has 0 aliphatic heterocycles. The maximum atomic E-state index is 5.49. The number of H-pyrrole nitrogens is 1. The second-order valence-electron chi connectivity index (χ2n) is 5.52. The van der Waals surface area contributed by atoms with Gasteiger partial charge in [0.05, 0.1) is 16.4 Å². The fraction of sp³-hybridized carbons (Fsp3) is 0. The highest BCUT2D eigenvalue weighted by atomic mass is 32.1. The molecule has 0 saturated carbocycles. The summed E-state index contributed by atoms with van der Waals surface area (Å²) in [4.78, 5) is 17.0. The molecule has 5 rings (SSSR count). The van der Waals surface area contributed by atoms with Gasteiger partial charge in [-0.25, -0.2) is 9.97 Å². The molecule has 0 spiro atoms. The molecular formula is C18H11N5S. The van der Waals surface area contributed by atoms with Crippen LogP contribution in [0.15, 0.2) is 60.8 Å². The summed E-state index contributed by atoms with van der Waals surface area (Å²) < 4.78 is 2.41. The fourth-order valence-electron chi connectivity index (χ4n) is 2.96. The van der Waals surface area contributed by atoms with Gasteiger partial charge in [-0.3, -0.25) is 4.40 Å². The third-order valence-corrected chi connectivity index (χ3v) is 4.34. The van der Waals surface area contributed by atoms with Crippen molar-refractivity contribution in [3.05, 3.63) is 65.6 Å². The molecule has 3 heterocycles. The zero-order valence-electron chi connectivity index (χ0n) is 12.5. The van der Waals surface area contributed by atoms with E-state index in [-0.39, 0.29) is 0 Å². The Morgan fingerprint density at radius 1 is 0.917 bits per heavy atom. The van der Waals surface area contributed by atoms with Crippen molar-refractivity contribution in [2.75, 3.05) is 0 Å². The van der Waals surface area contributed by atoms with Gasteiger partial charge in [0.2, 0.25) is 4.77 Å². The van der Waals surface area contributed by atoms with Crippen molar-refractivity contribution in [3.8, 4) is 11.4 Å². The summed E-state index contributed by atoms with van der Waals surface area (Å²) in [5.41, 5.74) is 4.42. The Labute approximate surface area is 141 Å². The lowest BCUT2D eigenvalue weighted by molar-refractivity contribution is 1.08. The predicted octanol–water partition coefficient (Wildman–Crippen LogP) is 4.16. The second kappa shape index (κ2) is 4.94. The summed E-state index contributed by atoms with van der Waals surface area (Å²) in [6.07, 6.45) is 1.80. The molecule has 24 heavy (non-hydrogen) atoms. The van der Waals surface area contributed by atoms with E-state index in [4.69, 9.17) is 12.2 Å². The number of nitrogens with zero attached hydrogens (tertiary/aromatic N) is 4. The monoisotopic (exact) mass is 329 g/mol. The van der Waals surface area contributed by atoms with Crippen LogP contribution >= 0.6 is 12.2 Å². The van der Waals surface area contributed by atoms with Crippen LogP contribution in [-0.2, 0) is 0 Å². The molecule has 3 aromatic heterocycles. The topological polar surface area (TPSA) is 58.9 Å². The first-order valence-electron chi connectivity index (χ1n) is 7.53. The Morgan fingerprint density at radius 3 is 2.58 bits per heavy atom. The van der Waals surface area contributed by atoms with Gasteiger partial charge in [-0.05, 0) is 24.4 Å². The van der Waals surface area contributed by atoms with Gasteiger partial charge >= 0.3 is 0 Å². The van der Waals surface area contributed by atoms with Crippen LogP contribution in [0, 0.1) is 4.77 Å². The van der Waals surface area contributed by atoms with Crippen LogP contribution in [0.2, 0.25) is 0 Å². The molecule has 0 radical (unpaired) electrons. The van der Waals surface area contributed by atoms with E-state index >= 15 is 0 Å². The number of rotatable bonds is 1. The maximum Gasteiger partial charge on any atom is 0.207 e. The number of benzene rings is 2. The average molecular weight is 329 g/mol. The summed E-state index contributed by atoms with van der Waals surface area (Å²) in [7, 11) is 0. The van der Waals surface area contributed by atoms with E-state index in [1.807, 2.05) is 59.0 Å². The molecule has 1 N–H and O–H groups in total. The van der Waals surface area contributed by atoms with E-state index in [2.05, 4.69) is 19.9 Å². The number of imidazole rings is 1. The SMILES string of the molecule is S=c1nc2nc(-c3ccccc3)ncc2c2[nH]c3ccccc3n12. The van der Waals surface area contributed by atoms with Gasteiger partial charge in [0.25, 0.3) is 0 Å². The molecule has 0 aliphatic rings. The van der Waals surface area contributed by atoms with Crippen LogP contribution in [-0.4, -0.2) is 24.3 Å². The zero-order valence-corrected chi connectivity index (χ0v) is 13.3. The average Bonchev–Trinajstić information content (AvgIpc) is 3.02. The van der Waals surface area contributed by atoms with Gasteiger partial charge < -0.3 is 4.98 Å². The predicted molar refractivity (Wildman–Crippen MR) is 96.4 cm³/mol. The molecule has 0 amide bonds. The normalized spacial score (nSPS) is 11.5. The largest absolute Gasteiger partial charge is 0.339 e. The van der Waals surface area contributed by atoms with Crippen LogP contribution < -0.4 is 0 Å². The van der Waals surface area contributed by atoms with Crippen LogP contribution in [0.4, 0.5) is 0 Å². The highest BCUT2D eigenvalue weighted by Crippen LogP contribution is 2.23. The first-order chi connectivity index (χ1) is 11.8. The van der Waals surface area contributed by atoms with E-state index in [9.17, 15) is 0 Å². The van der Waals surface area contributed by atoms with Gasteiger partial charge in [0.15, 0.2) is 11.5 Å². The third-order valence-electron chi connectivity index (χ3n) is 4.07. The summed E-state index contributed by atoms with van der Waals surface area (Å²) in [6.45, 7) is 0. The van der Waals surface area contributed by atoms with Gasteiger partial charge in [0.1, 0.15) is 5.65 Å². The Kier molecular flexibility index (Phi) is 2.74. The summed E-state index contributed by atoms with van der Waals surface area (Å²) in [6, 6.07) is 17.9. The Balaban J connectivity index is 1.88. The van der Waals surface area contributed by atoms with Crippen LogP contribution in [0.1, 0.15) is 0 Å². The fourth-order valence-corrected chi connectivity index (χ4v) is 3.23. The number of hydrogen-bond donors (Lipinski definition) is 1.